The summed E-state index contributed by atoms with van der Waals surface area (Å²) in [5.41, 5.74) is 10.7. The van der Waals surface area contributed by atoms with E-state index in [1.54, 1.807) is 0 Å². The van der Waals surface area contributed by atoms with Crippen LogP contribution in [0.1, 0.15) is 65.0 Å². The molecule has 0 aliphatic heterocycles. The number of Topliss-reactive ketones (excluding diaryl/α,β-unsaturated/α-hetero) is 1. The van der Waals surface area contributed by atoms with Crippen LogP contribution in [-0.2, 0) is 6.54 Å². The normalized spacial score (nSPS) is 13.4. The van der Waals surface area contributed by atoms with Crippen molar-refractivity contribution in [2.45, 2.75) is 57.5 Å². The van der Waals surface area contributed by atoms with Crippen LogP contribution in [0.2, 0.25) is 0 Å². The number of pyridine rings is 1. The van der Waals surface area contributed by atoms with Crippen molar-refractivity contribution in [3.8, 4) is 12.1 Å². The topological polar surface area (TPSA) is 110 Å². The molecule has 0 fully saturated rings. The molecule has 30 heavy (non-hydrogen) atoms. The minimum Gasteiger partial charge on any atom is -0.348 e. The highest BCUT2D eigenvalue weighted by Crippen LogP contribution is 2.25. The standard InChI is InChI=1S/C23H25N5OS/c1-15-10-20(16(2)28(15)9-8-17-6-4-3-5-7-17)21(29)14-30-23-19(13-25)11-18(12-24)22(26)27-23/h6,10-11H,3-5,7-9,14H2,1-2H3,(H2,26,27)/p+1. The summed E-state index contributed by atoms with van der Waals surface area (Å²) < 4.78 is 2.22. The number of anilines is 1. The number of aromatic amines is 1. The molecule has 154 valence electrons. The number of H-pyrrole nitrogens is 1. The summed E-state index contributed by atoms with van der Waals surface area (Å²) in [5, 5.41) is 18.9. The Bertz CT molecular complexity index is 1080. The number of aryl methyl sites for hydroxylation is 1. The Morgan fingerprint density at radius 3 is 2.67 bits per heavy atom. The fourth-order valence-electron chi connectivity index (χ4n) is 3.86. The maximum Gasteiger partial charge on any atom is 0.289 e. The van der Waals surface area contributed by atoms with Crippen molar-refractivity contribution in [1.82, 2.24) is 4.57 Å². The van der Waals surface area contributed by atoms with E-state index >= 15 is 0 Å². The molecule has 0 radical (unpaired) electrons. The maximum atomic E-state index is 12.9. The second-order valence-electron chi connectivity index (χ2n) is 7.57. The van der Waals surface area contributed by atoms with E-state index in [0.717, 1.165) is 29.9 Å². The second-order valence-corrected chi connectivity index (χ2v) is 8.56. The van der Waals surface area contributed by atoms with Crippen LogP contribution in [0, 0.1) is 36.5 Å². The zero-order chi connectivity index (χ0) is 21.7. The number of nitrogens with one attached hydrogen (secondary N) is 1. The lowest BCUT2D eigenvalue weighted by Crippen LogP contribution is -2.18. The molecule has 1 aliphatic rings. The molecule has 0 saturated heterocycles. The quantitative estimate of drug-likeness (QED) is 0.412. The van der Waals surface area contributed by atoms with E-state index in [1.165, 1.54) is 49.1 Å². The number of hydrogen-bond acceptors (Lipinski definition) is 5. The average molecular weight is 421 g/mol. The predicted octanol–water partition coefficient (Wildman–Crippen LogP) is 4.11. The smallest absolute Gasteiger partial charge is 0.289 e. The van der Waals surface area contributed by atoms with Gasteiger partial charge in [-0.25, -0.2) is 4.98 Å². The van der Waals surface area contributed by atoms with Gasteiger partial charge in [0.1, 0.15) is 23.3 Å². The Morgan fingerprint density at radius 2 is 2.00 bits per heavy atom. The molecule has 0 bridgehead atoms. The highest BCUT2D eigenvalue weighted by atomic mass is 32.2. The number of ketones is 1. The monoisotopic (exact) mass is 420 g/mol. The largest absolute Gasteiger partial charge is 0.348 e. The Morgan fingerprint density at radius 1 is 1.23 bits per heavy atom. The molecule has 7 heteroatoms. The molecule has 0 atom stereocenters. The number of nitrogens with two attached hydrogens (primary N) is 1. The van der Waals surface area contributed by atoms with E-state index in [4.69, 9.17) is 11.0 Å². The summed E-state index contributed by atoms with van der Waals surface area (Å²) >= 11 is 1.23. The third-order valence-corrected chi connectivity index (χ3v) is 6.59. The Labute approximate surface area is 181 Å². The van der Waals surface area contributed by atoms with Gasteiger partial charge in [0.25, 0.3) is 5.82 Å². The molecule has 2 aromatic heterocycles. The minimum absolute atomic E-state index is 0.0106. The average Bonchev–Trinajstić information content (AvgIpc) is 3.04. The predicted molar refractivity (Wildman–Crippen MR) is 117 cm³/mol. The first-order chi connectivity index (χ1) is 14.4. The molecule has 3 N–H and O–H groups in total. The zero-order valence-corrected chi connectivity index (χ0v) is 18.2. The van der Waals surface area contributed by atoms with Crippen molar-refractivity contribution >= 4 is 23.4 Å². The number of thioether (sulfide) groups is 1. The Balaban J connectivity index is 1.71. The molecule has 0 spiro atoms. The molecule has 3 rings (SSSR count). The van der Waals surface area contributed by atoms with Gasteiger partial charge in [-0.05, 0) is 58.1 Å². The molecule has 0 unspecified atom stereocenters. The lowest BCUT2D eigenvalue weighted by molar-refractivity contribution is -0.410. The van der Waals surface area contributed by atoms with Gasteiger partial charge in [0, 0.05) is 23.5 Å². The van der Waals surface area contributed by atoms with Gasteiger partial charge in [-0.15, -0.1) is 0 Å². The highest BCUT2D eigenvalue weighted by Gasteiger charge is 2.19. The zero-order valence-electron chi connectivity index (χ0n) is 17.4. The molecule has 1 aliphatic carbocycles. The summed E-state index contributed by atoms with van der Waals surface area (Å²) in [7, 11) is 0. The molecular formula is C23H26N5OS+. The van der Waals surface area contributed by atoms with Gasteiger partial charge >= 0.3 is 0 Å². The van der Waals surface area contributed by atoms with E-state index in [2.05, 4.69) is 21.7 Å². The number of hydrogen-bond donors (Lipinski definition) is 1. The third kappa shape index (κ3) is 4.75. The number of nitrogens with zero attached hydrogens (tertiary/aromatic N) is 3. The number of aromatic nitrogens is 2. The number of rotatable bonds is 7. The van der Waals surface area contributed by atoms with Crippen LogP contribution >= 0.6 is 11.8 Å². The molecule has 2 aromatic rings. The fourth-order valence-corrected chi connectivity index (χ4v) is 4.74. The summed E-state index contributed by atoms with van der Waals surface area (Å²) in [6.07, 6.45) is 8.33. The third-order valence-electron chi connectivity index (χ3n) is 5.58. The summed E-state index contributed by atoms with van der Waals surface area (Å²) in [5.74, 6) is 0.393. The first kappa shape index (κ1) is 21.7. The van der Waals surface area contributed by atoms with Crippen molar-refractivity contribution in [3.63, 3.8) is 0 Å². The van der Waals surface area contributed by atoms with Crippen LogP contribution in [-0.4, -0.2) is 16.1 Å². The molecular weight excluding hydrogens is 394 g/mol. The molecule has 0 aromatic carbocycles. The highest BCUT2D eigenvalue weighted by molar-refractivity contribution is 7.99. The molecule has 0 amide bonds. The van der Waals surface area contributed by atoms with Gasteiger partial charge in [0.2, 0.25) is 0 Å². The first-order valence-corrected chi connectivity index (χ1v) is 11.1. The number of allylic oxidation sites excluding steroid dienone is 2. The van der Waals surface area contributed by atoms with E-state index in [0.29, 0.717) is 10.6 Å². The van der Waals surface area contributed by atoms with Gasteiger partial charge in [-0.3, -0.25) is 10.5 Å². The van der Waals surface area contributed by atoms with E-state index in [1.807, 2.05) is 26.0 Å². The van der Waals surface area contributed by atoms with Gasteiger partial charge in [0.05, 0.1) is 5.75 Å². The van der Waals surface area contributed by atoms with Crippen LogP contribution < -0.4 is 10.7 Å². The van der Waals surface area contributed by atoms with E-state index in [-0.39, 0.29) is 22.9 Å². The SMILES string of the molecule is Cc1cc(C(=O)CSc2[nH+]c(N)c(C#N)cc2C#N)c(C)n1CCC1=CCCCC1. The Hall–Kier alpha value is -3.03. The van der Waals surface area contributed by atoms with E-state index < -0.39 is 0 Å². The van der Waals surface area contributed by atoms with Crippen molar-refractivity contribution < 1.29 is 9.78 Å². The Kier molecular flexibility index (Phi) is 6.97. The van der Waals surface area contributed by atoms with Crippen LogP contribution in [0.3, 0.4) is 0 Å². The molecule has 2 heterocycles. The van der Waals surface area contributed by atoms with Gasteiger partial charge in [-0.1, -0.05) is 23.4 Å². The van der Waals surface area contributed by atoms with Crippen molar-refractivity contribution in [3.05, 3.63) is 51.9 Å². The summed E-state index contributed by atoms with van der Waals surface area (Å²) in [6, 6.07) is 7.41. The van der Waals surface area contributed by atoms with Gasteiger partial charge < -0.3 is 4.57 Å². The second kappa shape index (κ2) is 9.65. The maximum absolute atomic E-state index is 12.9. The number of nitrogen functional groups attached to an aromatic ring is 1. The van der Waals surface area contributed by atoms with E-state index in [9.17, 15) is 10.1 Å². The lowest BCUT2D eigenvalue weighted by Gasteiger charge is -2.15. The van der Waals surface area contributed by atoms with Crippen LogP contribution in [0.15, 0.2) is 28.8 Å². The number of carbonyl (C=O) groups is 1. The number of carbonyl (C=O) groups excluding carboxylic acids is 1. The van der Waals surface area contributed by atoms with Crippen LogP contribution in [0.5, 0.6) is 0 Å². The van der Waals surface area contributed by atoms with Crippen LogP contribution in [0.4, 0.5) is 5.82 Å². The fraction of sp³-hybridized carbons (Fsp3) is 0.391. The number of nitriles is 2. The van der Waals surface area contributed by atoms with Gasteiger partial charge in [-0.2, -0.15) is 10.5 Å². The first-order valence-electron chi connectivity index (χ1n) is 10.1. The summed E-state index contributed by atoms with van der Waals surface area (Å²) in [6.45, 7) is 4.92. The lowest BCUT2D eigenvalue weighted by atomic mass is 9.97. The van der Waals surface area contributed by atoms with Crippen molar-refractivity contribution in [1.29, 1.82) is 10.5 Å². The van der Waals surface area contributed by atoms with Crippen molar-refractivity contribution in [2.75, 3.05) is 11.5 Å². The minimum atomic E-state index is 0.0106. The summed E-state index contributed by atoms with van der Waals surface area (Å²) in [4.78, 5) is 15.8. The van der Waals surface area contributed by atoms with Crippen LogP contribution in [0.25, 0.3) is 0 Å². The molecule has 6 nitrogen and oxygen atoms in total. The van der Waals surface area contributed by atoms with Crippen molar-refractivity contribution in [2.24, 2.45) is 0 Å². The molecule has 0 saturated carbocycles. The van der Waals surface area contributed by atoms with Gasteiger partial charge in [0.15, 0.2) is 10.8 Å².